The van der Waals surface area contributed by atoms with Gasteiger partial charge in [0.2, 0.25) is 0 Å². The maximum Gasteiger partial charge on any atom is 0.420 e. The van der Waals surface area contributed by atoms with Crippen molar-refractivity contribution in [3.63, 3.8) is 0 Å². The van der Waals surface area contributed by atoms with Crippen molar-refractivity contribution in [3.05, 3.63) is 41.5 Å². The van der Waals surface area contributed by atoms with Gasteiger partial charge in [-0.2, -0.15) is 26.3 Å². The van der Waals surface area contributed by atoms with Crippen LogP contribution in [-0.4, -0.2) is 41.3 Å². The molecule has 10 heteroatoms. The number of benzene rings is 2. The quantitative estimate of drug-likeness (QED) is 0.418. The molecule has 4 rings (SSSR count). The third kappa shape index (κ3) is 6.25. The highest BCUT2D eigenvalue weighted by Gasteiger charge is 2.43. The molecule has 1 saturated carbocycles. The minimum Gasteiger partial charge on any atom is -0.490 e. The average Bonchev–Trinajstić information content (AvgIpc) is 2.78. The zero-order valence-electron chi connectivity index (χ0n) is 19.7. The summed E-state index contributed by atoms with van der Waals surface area (Å²) >= 11 is 0. The van der Waals surface area contributed by atoms with E-state index in [0.29, 0.717) is 24.0 Å². The van der Waals surface area contributed by atoms with E-state index in [2.05, 4.69) is 0 Å². The molecule has 1 atom stereocenters. The summed E-state index contributed by atoms with van der Waals surface area (Å²) in [6.45, 7) is 1.38. The first kappa shape index (κ1) is 26.6. The number of fused-ring (bicyclic) bond motifs is 1. The number of piperidine rings is 1. The second kappa shape index (κ2) is 10.5. The number of rotatable bonds is 6. The van der Waals surface area contributed by atoms with E-state index in [9.17, 15) is 31.1 Å². The first-order valence-corrected chi connectivity index (χ1v) is 12.2. The first-order chi connectivity index (χ1) is 16.9. The van der Waals surface area contributed by atoms with Crippen LogP contribution in [0.1, 0.15) is 56.1 Å². The van der Waals surface area contributed by atoms with E-state index in [1.54, 1.807) is 24.3 Å². The largest absolute Gasteiger partial charge is 0.490 e. The highest BCUT2D eigenvalue weighted by Crippen LogP contribution is 2.45. The molecule has 2 aliphatic rings. The molecule has 0 bridgehead atoms. The zero-order chi connectivity index (χ0) is 26.1. The average molecular weight is 518 g/mol. The summed E-state index contributed by atoms with van der Waals surface area (Å²) in [5, 5.41) is 9.53. The maximum absolute atomic E-state index is 14.4. The molecule has 1 N–H and O–H groups in total. The lowest BCUT2D eigenvalue weighted by molar-refractivity contribution is -0.185. The van der Waals surface area contributed by atoms with Crippen LogP contribution in [0.5, 0.6) is 5.75 Å². The lowest BCUT2D eigenvalue weighted by atomic mass is 9.87. The van der Waals surface area contributed by atoms with Gasteiger partial charge in [-0.15, -0.1) is 0 Å². The van der Waals surface area contributed by atoms with E-state index in [1.165, 1.54) is 6.07 Å². The molecule has 198 valence electrons. The van der Waals surface area contributed by atoms with Crippen molar-refractivity contribution in [3.8, 4) is 5.75 Å². The van der Waals surface area contributed by atoms with Gasteiger partial charge in [-0.05, 0) is 68.0 Å². The molecule has 0 unspecified atom stereocenters. The summed E-state index contributed by atoms with van der Waals surface area (Å²) in [5.74, 6) is -2.76. The van der Waals surface area contributed by atoms with Crippen LogP contribution in [0.4, 0.5) is 26.3 Å². The van der Waals surface area contributed by atoms with E-state index < -0.39 is 35.9 Å². The zero-order valence-corrected chi connectivity index (χ0v) is 19.7. The predicted molar refractivity (Wildman–Crippen MR) is 122 cm³/mol. The lowest BCUT2D eigenvalue weighted by Gasteiger charge is -2.33. The van der Waals surface area contributed by atoms with Crippen molar-refractivity contribution in [2.24, 2.45) is 11.8 Å². The van der Waals surface area contributed by atoms with E-state index in [4.69, 9.17) is 9.84 Å². The van der Waals surface area contributed by atoms with Gasteiger partial charge in [-0.1, -0.05) is 24.3 Å². The van der Waals surface area contributed by atoms with Crippen molar-refractivity contribution >= 4 is 16.7 Å². The second-order valence-electron chi connectivity index (χ2n) is 9.93. The summed E-state index contributed by atoms with van der Waals surface area (Å²) in [5.41, 5.74) is -0.449. The fourth-order valence-electron chi connectivity index (χ4n) is 5.58. The maximum atomic E-state index is 14.4. The van der Waals surface area contributed by atoms with Gasteiger partial charge >= 0.3 is 18.3 Å². The Kier molecular flexibility index (Phi) is 7.73. The van der Waals surface area contributed by atoms with E-state index in [-0.39, 0.29) is 55.7 Å². The Labute approximate surface area is 205 Å². The van der Waals surface area contributed by atoms with Crippen LogP contribution in [0, 0.1) is 11.8 Å². The van der Waals surface area contributed by atoms with Crippen LogP contribution in [0.25, 0.3) is 10.8 Å². The van der Waals surface area contributed by atoms with Crippen molar-refractivity contribution < 1.29 is 41.0 Å². The van der Waals surface area contributed by atoms with Gasteiger partial charge in [0.15, 0.2) is 0 Å². The van der Waals surface area contributed by atoms with Gasteiger partial charge in [0.25, 0.3) is 0 Å². The van der Waals surface area contributed by atoms with Crippen LogP contribution in [0.3, 0.4) is 0 Å². The Morgan fingerprint density at radius 3 is 2.36 bits per heavy atom. The number of carbonyl (C=O) groups is 1. The van der Waals surface area contributed by atoms with Crippen molar-refractivity contribution in [2.75, 3.05) is 13.1 Å². The van der Waals surface area contributed by atoms with E-state index >= 15 is 0 Å². The smallest absolute Gasteiger partial charge is 0.420 e. The Hall–Kier alpha value is -2.49. The molecule has 1 heterocycles. The molecule has 1 aliphatic heterocycles. The summed E-state index contributed by atoms with van der Waals surface area (Å²) in [6, 6.07) is 7.73. The second-order valence-corrected chi connectivity index (χ2v) is 9.93. The van der Waals surface area contributed by atoms with Gasteiger partial charge in [-0.25, -0.2) is 0 Å². The van der Waals surface area contributed by atoms with E-state index in [1.807, 2.05) is 4.90 Å². The number of ether oxygens (including phenoxy) is 1. The molecular weight excluding hydrogens is 488 g/mol. The van der Waals surface area contributed by atoms with Gasteiger partial charge in [0.05, 0.1) is 12.0 Å². The topological polar surface area (TPSA) is 49.8 Å². The predicted octanol–water partition coefficient (Wildman–Crippen LogP) is 7.05. The van der Waals surface area contributed by atoms with Crippen LogP contribution in [-0.2, 0) is 17.5 Å². The Morgan fingerprint density at radius 2 is 1.72 bits per heavy atom. The number of halogens is 6. The standard InChI is InChI=1S/C26H29F6NO3/c27-25(28,29)19-7-9-20(10-8-19)36-21-11-6-17-4-1-5-18(23(17)24(21)26(30,31)32)15-33-12-2-3-16(14-33)13-22(34)35/h1,4-6,11,16,19-20H,2-3,7-10,12-15H2,(H,34,35)/t16-,19?,20?/m1/s1. The fourth-order valence-corrected chi connectivity index (χ4v) is 5.58. The number of hydrogen-bond donors (Lipinski definition) is 1. The Morgan fingerprint density at radius 1 is 1.00 bits per heavy atom. The number of nitrogens with zero attached hydrogens (tertiary/aromatic N) is 1. The molecule has 0 spiro atoms. The van der Waals surface area contributed by atoms with Crippen molar-refractivity contribution in [2.45, 2.75) is 69.9 Å². The SMILES string of the molecule is O=C(O)C[C@H]1CCCN(Cc2cccc3ccc(OC4CCC(C(F)(F)F)CC4)c(C(F)(F)F)c23)C1. The number of hydrogen-bond acceptors (Lipinski definition) is 3. The molecule has 0 amide bonds. The molecule has 36 heavy (non-hydrogen) atoms. The molecule has 2 aromatic carbocycles. The van der Waals surface area contributed by atoms with Crippen LogP contribution in [0.15, 0.2) is 30.3 Å². The Bertz CT molecular complexity index is 1080. The Balaban J connectivity index is 1.62. The van der Waals surface area contributed by atoms with Gasteiger partial charge in [0.1, 0.15) is 11.3 Å². The molecule has 4 nitrogen and oxygen atoms in total. The fraction of sp³-hybridized carbons (Fsp3) is 0.577. The van der Waals surface area contributed by atoms with Gasteiger partial charge in [-0.3, -0.25) is 9.69 Å². The molecule has 0 radical (unpaired) electrons. The normalized spacial score (nSPS) is 24.1. The molecular formula is C26H29F6NO3. The summed E-state index contributed by atoms with van der Waals surface area (Å²) in [6.07, 6.45) is -8.45. The third-order valence-electron chi connectivity index (χ3n) is 7.27. The number of likely N-dealkylation sites (tertiary alicyclic amines) is 1. The highest BCUT2D eigenvalue weighted by molar-refractivity contribution is 5.91. The van der Waals surface area contributed by atoms with Crippen LogP contribution >= 0.6 is 0 Å². The number of carboxylic acid groups (broad SMARTS) is 1. The number of carboxylic acids is 1. The van der Waals surface area contributed by atoms with E-state index in [0.717, 1.165) is 12.8 Å². The molecule has 2 aromatic rings. The first-order valence-electron chi connectivity index (χ1n) is 12.2. The van der Waals surface area contributed by atoms with Crippen LogP contribution < -0.4 is 4.74 Å². The van der Waals surface area contributed by atoms with Crippen LogP contribution in [0.2, 0.25) is 0 Å². The monoisotopic (exact) mass is 517 g/mol. The van der Waals surface area contributed by atoms with Gasteiger partial charge < -0.3 is 9.84 Å². The molecule has 1 saturated heterocycles. The van der Waals surface area contributed by atoms with Gasteiger partial charge in [0, 0.05) is 24.9 Å². The summed E-state index contributed by atoms with van der Waals surface area (Å²) < 4.78 is 87.9. The number of alkyl halides is 6. The molecule has 2 fully saturated rings. The van der Waals surface area contributed by atoms with Crippen molar-refractivity contribution in [1.29, 1.82) is 0 Å². The van der Waals surface area contributed by atoms with Crippen molar-refractivity contribution in [1.82, 2.24) is 4.90 Å². The number of aliphatic carboxylic acids is 1. The minimum absolute atomic E-state index is 0.0202. The summed E-state index contributed by atoms with van der Waals surface area (Å²) in [4.78, 5) is 13.1. The lowest BCUT2D eigenvalue weighted by Crippen LogP contribution is -2.35. The highest BCUT2D eigenvalue weighted by atomic mass is 19.4. The molecule has 0 aromatic heterocycles. The molecule has 1 aliphatic carbocycles. The summed E-state index contributed by atoms with van der Waals surface area (Å²) in [7, 11) is 0. The minimum atomic E-state index is -4.73. The third-order valence-corrected chi connectivity index (χ3v) is 7.27.